The van der Waals surface area contributed by atoms with Crippen molar-refractivity contribution < 1.29 is 4.39 Å². The molecule has 1 heteroatoms. The average Bonchev–Trinajstić information content (AvgIpc) is 2.90. The molecule has 4 rings (SSSR count). The molecule has 0 spiro atoms. The number of halogens is 1. The van der Waals surface area contributed by atoms with Crippen molar-refractivity contribution in [2.24, 2.45) is 29.1 Å². The molecule has 0 amide bonds. The molecule has 1 aromatic carbocycles. The molecule has 2 fully saturated rings. The summed E-state index contributed by atoms with van der Waals surface area (Å²) in [4.78, 5) is 0. The third kappa shape index (κ3) is 6.69. The van der Waals surface area contributed by atoms with Crippen LogP contribution in [0.1, 0.15) is 129 Å². The topological polar surface area (TPSA) is 0 Å². The zero-order chi connectivity index (χ0) is 24.5. The van der Waals surface area contributed by atoms with E-state index in [1.807, 2.05) is 18.2 Å². The predicted octanol–water partition coefficient (Wildman–Crippen LogP) is 11.1. The molecule has 0 nitrogen and oxygen atoms in total. The minimum Gasteiger partial charge on any atom is -0.211 e. The Morgan fingerprint density at radius 3 is 1.69 bits per heavy atom. The fourth-order valence-electron chi connectivity index (χ4n) is 7.86. The van der Waals surface area contributed by atoms with E-state index in [9.17, 15) is 0 Å². The average molecular weight is 479 g/mol. The molecule has 0 radical (unpaired) electrons. The van der Waals surface area contributed by atoms with E-state index in [0.29, 0.717) is 18.3 Å². The number of rotatable bonds is 11. The number of allylic oxidation sites excluding steroid dienone is 4. The SMILES string of the molecule is CCCCC[C@H]1CC[C@H](C2([C@H]3CC[C@H](CCCCC)CC3)C=CC(c3ccccc3)=C(F)C2)CC1. The third-order valence-corrected chi connectivity index (χ3v) is 10.0. The molecular weight excluding hydrogens is 427 g/mol. The van der Waals surface area contributed by atoms with Crippen molar-refractivity contribution in [1.82, 2.24) is 0 Å². The van der Waals surface area contributed by atoms with Crippen molar-refractivity contribution in [2.45, 2.75) is 123 Å². The lowest BCUT2D eigenvalue weighted by molar-refractivity contribution is 0.0408. The fraction of sp³-hybridized carbons (Fsp3) is 0.706. The number of benzene rings is 1. The van der Waals surface area contributed by atoms with Crippen LogP contribution in [0.15, 0.2) is 48.3 Å². The Morgan fingerprint density at radius 2 is 1.23 bits per heavy atom. The molecule has 0 atom stereocenters. The monoisotopic (exact) mass is 478 g/mol. The van der Waals surface area contributed by atoms with Crippen molar-refractivity contribution in [3.63, 3.8) is 0 Å². The van der Waals surface area contributed by atoms with E-state index in [0.717, 1.165) is 23.0 Å². The third-order valence-electron chi connectivity index (χ3n) is 10.0. The lowest BCUT2D eigenvalue weighted by Crippen LogP contribution is -2.41. The van der Waals surface area contributed by atoms with Gasteiger partial charge >= 0.3 is 0 Å². The van der Waals surface area contributed by atoms with Gasteiger partial charge in [-0.1, -0.05) is 133 Å². The van der Waals surface area contributed by atoms with Crippen LogP contribution in [0.2, 0.25) is 0 Å². The first kappa shape index (κ1) is 26.7. The lowest BCUT2D eigenvalue weighted by Gasteiger charge is -2.50. The summed E-state index contributed by atoms with van der Waals surface area (Å²) in [5, 5.41) is 0. The first-order valence-electron chi connectivity index (χ1n) is 15.3. The predicted molar refractivity (Wildman–Crippen MR) is 150 cm³/mol. The maximum atomic E-state index is 15.9. The van der Waals surface area contributed by atoms with E-state index in [-0.39, 0.29) is 11.2 Å². The standard InChI is InChI=1S/C34H51F/c1-3-5-8-12-27-16-20-30(21-17-27)34(31-22-18-28(19-23-31)13-9-6-4-2)25-24-32(33(35)26-34)29-14-10-7-11-15-29/h7,10-11,14-15,24-25,27-28,30-31H,3-6,8-9,12-13,16-23,26H2,1-2H3/t27-,28-,30-,31-. The Morgan fingerprint density at radius 1 is 0.714 bits per heavy atom. The fourth-order valence-corrected chi connectivity index (χ4v) is 7.86. The first-order valence-corrected chi connectivity index (χ1v) is 15.3. The van der Waals surface area contributed by atoms with Gasteiger partial charge in [0.1, 0.15) is 5.83 Å². The van der Waals surface area contributed by atoms with Crippen molar-refractivity contribution in [3.8, 4) is 0 Å². The summed E-state index contributed by atoms with van der Waals surface area (Å²) in [6.07, 6.45) is 27.1. The molecule has 3 aliphatic carbocycles. The van der Waals surface area contributed by atoms with Gasteiger partial charge in [-0.3, -0.25) is 0 Å². The minimum absolute atomic E-state index is 0.0468. The summed E-state index contributed by atoms with van der Waals surface area (Å²) in [6, 6.07) is 10.2. The van der Waals surface area contributed by atoms with Crippen LogP contribution >= 0.6 is 0 Å². The van der Waals surface area contributed by atoms with Crippen LogP contribution in [-0.2, 0) is 0 Å². The normalized spacial score (nSPS) is 28.9. The van der Waals surface area contributed by atoms with Gasteiger partial charge in [-0.25, -0.2) is 4.39 Å². The van der Waals surface area contributed by atoms with Crippen LogP contribution in [0.4, 0.5) is 4.39 Å². The van der Waals surface area contributed by atoms with Crippen LogP contribution in [-0.4, -0.2) is 0 Å². The van der Waals surface area contributed by atoms with Gasteiger partial charge in [0.05, 0.1) is 0 Å². The van der Waals surface area contributed by atoms with Gasteiger partial charge in [-0.2, -0.15) is 0 Å². The molecule has 35 heavy (non-hydrogen) atoms. The number of hydrogen-bond donors (Lipinski definition) is 0. The van der Waals surface area contributed by atoms with Crippen LogP contribution in [0.3, 0.4) is 0 Å². The maximum absolute atomic E-state index is 15.9. The highest BCUT2D eigenvalue weighted by Crippen LogP contribution is 2.57. The molecule has 0 heterocycles. The number of hydrogen-bond acceptors (Lipinski definition) is 0. The summed E-state index contributed by atoms with van der Waals surface area (Å²) < 4.78 is 15.9. The molecule has 194 valence electrons. The van der Waals surface area contributed by atoms with Crippen molar-refractivity contribution >= 4 is 5.57 Å². The molecule has 0 aliphatic heterocycles. The van der Waals surface area contributed by atoms with Gasteiger partial charge < -0.3 is 0 Å². The molecule has 0 bridgehead atoms. The van der Waals surface area contributed by atoms with E-state index < -0.39 is 0 Å². The second-order valence-corrected chi connectivity index (χ2v) is 12.2. The van der Waals surface area contributed by atoms with E-state index in [4.69, 9.17) is 0 Å². The smallest absolute Gasteiger partial charge is 0.109 e. The van der Waals surface area contributed by atoms with Crippen molar-refractivity contribution in [2.75, 3.05) is 0 Å². The van der Waals surface area contributed by atoms with Gasteiger partial charge in [0, 0.05) is 17.4 Å². The van der Waals surface area contributed by atoms with Crippen LogP contribution in [0, 0.1) is 29.1 Å². The number of unbranched alkanes of at least 4 members (excludes halogenated alkanes) is 4. The second kappa shape index (κ2) is 13.3. The summed E-state index contributed by atoms with van der Waals surface area (Å²) in [6.45, 7) is 4.61. The highest BCUT2D eigenvalue weighted by Gasteiger charge is 2.47. The maximum Gasteiger partial charge on any atom is 0.109 e. The van der Waals surface area contributed by atoms with Crippen LogP contribution < -0.4 is 0 Å². The molecular formula is C34H51F. The van der Waals surface area contributed by atoms with Gasteiger partial charge in [0.25, 0.3) is 0 Å². The molecule has 1 aromatic rings. The molecule has 2 saturated carbocycles. The van der Waals surface area contributed by atoms with Gasteiger partial charge in [0.2, 0.25) is 0 Å². The highest BCUT2D eigenvalue weighted by molar-refractivity contribution is 5.77. The Hall–Kier alpha value is -1.37. The van der Waals surface area contributed by atoms with Crippen molar-refractivity contribution in [3.05, 3.63) is 53.9 Å². The second-order valence-electron chi connectivity index (χ2n) is 12.2. The quantitative estimate of drug-likeness (QED) is 0.277. The summed E-state index contributed by atoms with van der Waals surface area (Å²) in [7, 11) is 0. The van der Waals surface area contributed by atoms with Crippen LogP contribution in [0.5, 0.6) is 0 Å². The Labute approximate surface area is 215 Å². The Bertz CT molecular complexity index is 772. The zero-order valence-electron chi connectivity index (χ0n) is 22.7. The Balaban J connectivity index is 1.47. The van der Waals surface area contributed by atoms with E-state index in [1.54, 1.807) is 0 Å². The highest BCUT2D eigenvalue weighted by atomic mass is 19.1. The Kier molecular flexibility index (Phi) is 10.1. The molecule has 0 saturated heterocycles. The van der Waals surface area contributed by atoms with Crippen LogP contribution in [0.25, 0.3) is 5.57 Å². The van der Waals surface area contributed by atoms with Gasteiger partial charge in [-0.05, 0) is 54.9 Å². The lowest BCUT2D eigenvalue weighted by atomic mass is 9.54. The zero-order valence-corrected chi connectivity index (χ0v) is 22.7. The summed E-state index contributed by atoms with van der Waals surface area (Å²) in [5.74, 6) is 3.29. The first-order chi connectivity index (χ1) is 17.2. The minimum atomic E-state index is 0.0468. The van der Waals surface area contributed by atoms with Crippen molar-refractivity contribution in [1.29, 1.82) is 0 Å². The van der Waals surface area contributed by atoms with E-state index >= 15 is 4.39 Å². The molecule has 3 aliphatic rings. The van der Waals surface area contributed by atoms with E-state index in [1.165, 1.54) is 103 Å². The van der Waals surface area contributed by atoms with E-state index in [2.05, 4.69) is 38.1 Å². The van der Waals surface area contributed by atoms with Gasteiger partial charge in [0.15, 0.2) is 0 Å². The molecule has 0 N–H and O–H groups in total. The summed E-state index contributed by atoms with van der Waals surface area (Å²) >= 11 is 0. The molecule has 0 unspecified atom stereocenters. The molecule has 0 aromatic heterocycles. The largest absolute Gasteiger partial charge is 0.211 e. The summed E-state index contributed by atoms with van der Waals surface area (Å²) in [5.41, 5.74) is 1.92. The van der Waals surface area contributed by atoms with Gasteiger partial charge in [-0.15, -0.1) is 0 Å².